The SMILES string of the molecule is C=CC(=O)OP(=O)(O)OCO. The molecule has 0 saturated carbocycles. The largest absolute Gasteiger partial charge is 0.531 e. The number of hydrogen-bond donors (Lipinski definition) is 2. The van der Waals surface area contributed by atoms with E-state index in [1.807, 2.05) is 0 Å². The van der Waals surface area contributed by atoms with E-state index in [4.69, 9.17) is 10.00 Å². The molecule has 0 heterocycles. The summed E-state index contributed by atoms with van der Waals surface area (Å²) in [5.74, 6) is -1.09. The molecule has 1 atom stereocenters. The van der Waals surface area contributed by atoms with Crippen LogP contribution in [0.4, 0.5) is 0 Å². The third-order valence-corrected chi connectivity index (χ3v) is 1.45. The van der Waals surface area contributed by atoms with Crippen LogP contribution in [0.25, 0.3) is 0 Å². The number of aliphatic hydroxyl groups is 1. The zero-order valence-corrected chi connectivity index (χ0v) is 6.36. The molecule has 0 radical (unpaired) electrons. The molecule has 2 N–H and O–H groups in total. The van der Waals surface area contributed by atoms with Crippen LogP contribution in [-0.2, 0) is 18.4 Å². The quantitative estimate of drug-likeness (QED) is 0.354. The maximum absolute atomic E-state index is 10.5. The standard InChI is InChI=1S/C4H7O6P/c1-2-4(6)10-11(7,8)9-3-5/h2,5H,1,3H2,(H,7,8). The van der Waals surface area contributed by atoms with Gasteiger partial charge < -0.3 is 9.63 Å². The van der Waals surface area contributed by atoms with Gasteiger partial charge in [0.15, 0.2) is 6.79 Å². The fraction of sp³-hybridized carbons (Fsp3) is 0.250. The predicted octanol–water partition coefficient (Wildman–Crippen LogP) is -0.218. The molecule has 0 aliphatic heterocycles. The average molecular weight is 182 g/mol. The topological polar surface area (TPSA) is 93.1 Å². The minimum atomic E-state index is -4.44. The highest BCUT2D eigenvalue weighted by molar-refractivity contribution is 7.48. The molecule has 0 amide bonds. The van der Waals surface area contributed by atoms with E-state index in [0.29, 0.717) is 6.08 Å². The summed E-state index contributed by atoms with van der Waals surface area (Å²) in [7, 11) is -4.44. The molecule has 1 unspecified atom stereocenters. The highest BCUT2D eigenvalue weighted by atomic mass is 31.2. The summed E-state index contributed by atoms with van der Waals surface area (Å²) >= 11 is 0. The molecule has 0 rings (SSSR count). The average Bonchev–Trinajstić information content (AvgIpc) is 1.86. The lowest BCUT2D eigenvalue weighted by Crippen LogP contribution is -2.01. The molecule has 0 aliphatic carbocycles. The summed E-state index contributed by atoms with van der Waals surface area (Å²) in [5.41, 5.74) is 0. The number of hydrogen-bond acceptors (Lipinski definition) is 5. The van der Waals surface area contributed by atoms with Crippen molar-refractivity contribution in [2.45, 2.75) is 0 Å². The van der Waals surface area contributed by atoms with Crippen LogP contribution < -0.4 is 0 Å². The number of aliphatic hydroxyl groups excluding tert-OH is 1. The van der Waals surface area contributed by atoms with E-state index in [0.717, 1.165) is 0 Å². The van der Waals surface area contributed by atoms with Crippen LogP contribution in [0.1, 0.15) is 0 Å². The summed E-state index contributed by atoms with van der Waals surface area (Å²) in [5, 5.41) is 8.02. The second-order valence-electron chi connectivity index (χ2n) is 1.34. The third kappa shape index (κ3) is 4.69. The van der Waals surface area contributed by atoms with Crippen LogP contribution in [0.5, 0.6) is 0 Å². The maximum Gasteiger partial charge on any atom is 0.531 e. The van der Waals surface area contributed by atoms with Crippen molar-refractivity contribution in [1.82, 2.24) is 0 Å². The number of phosphoric ester groups is 1. The van der Waals surface area contributed by atoms with Gasteiger partial charge in [0.05, 0.1) is 0 Å². The van der Waals surface area contributed by atoms with Crippen molar-refractivity contribution in [1.29, 1.82) is 0 Å². The van der Waals surface area contributed by atoms with Crippen molar-refractivity contribution in [3.63, 3.8) is 0 Å². The van der Waals surface area contributed by atoms with Gasteiger partial charge in [-0.15, -0.1) is 0 Å². The first-order chi connectivity index (χ1) is 5.02. The minimum Gasteiger partial charge on any atom is -0.370 e. The van der Waals surface area contributed by atoms with E-state index >= 15 is 0 Å². The summed E-state index contributed by atoms with van der Waals surface area (Å²) < 4.78 is 18.0. The number of carbonyl (C=O) groups is 1. The summed E-state index contributed by atoms with van der Waals surface area (Å²) in [4.78, 5) is 18.8. The van der Waals surface area contributed by atoms with Crippen LogP contribution in [-0.4, -0.2) is 22.8 Å². The van der Waals surface area contributed by atoms with Gasteiger partial charge in [-0.2, -0.15) is 0 Å². The Bertz CT molecular complexity index is 199. The molecule has 0 saturated heterocycles. The van der Waals surface area contributed by atoms with Gasteiger partial charge in [-0.25, -0.2) is 9.36 Å². The minimum absolute atomic E-state index is 0.698. The molecule has 64 valence electrons. The zero-order valence-electron chi connectivity index (χ0n) is 5.47. The Kier molecular flexibility index (Phi) is 3.99. The predicted molar refractivity (Wildman–Crippen MR) is 34.3 cm³/mol. The lowest BCUT2D eigenvalue weighted by Gasteiger charge is -2.07. The van der Waals surface area contributed by atoms with Crippen LogP contribution in [0, 0.1) is 0 Å². The van der Waals surface area contributed by atoms with E-state index in [9.17, 15) is 9.36 Å². The molecule has 11 heavy (non-hydrogen) atoms. The summed E-state index contributed by atoms with van der Waals surface area (Å²) in [6, 6.07) is 0. The number of carbonyl (C=O) groups excluding carboxylic acids is 1. The Morgan fingerprint density at radius 2 is 2.27 bits per heavy atom. The van der Waals surface area contributed by atoms with Gasteiger partial charge in [-0.1, -0.05) is 6.58 Å². The van der Waals surface area contributed by atoms with Crippen molar-refractivity contribution in [3.05, 3.63) is 12.7 Å². The first-order valence-electron chi connectivity index (χ1n) is 2.46. The molecule has 0 aromatic carbocycles. The van der Waals surface area contributed by atoms with E-state index in [2.05, 4.69) is 15.6 Å². The molecular weight excluding hydrogens is 175 g/mol. The fourth-order valence-electron chi connectivity index (χ4n) is 0.250. The van der Waals surface area contributed by atoms with Crippen LogP contribution in [0.2, 0.25) is 0 Å². The first-order valence-corrected chi connectivity index (χ1v) is 3.95. The van der Waals surface area contributed by atoms with Gasteiger partial charge in [-0.3, -0.25) is 9.42 Å². The molecule has 0 aliphatic rings. The van der Waals surface area contributed by atoms with Crippen LogP contribution in [0.15, 0.2) is 12.7 Å². The van der Waals surface area contributed by atoms with E-state index < -0.39 is 20.6 Å². The van der Waals surface area contributed by atoms with Gasteiger partial charge >= 0.3 is 13.8 Å². The van der Waals surface area contributed by atoms with Gasteiger partial charge in [0.25, 0.3) is 0 Å². The highest BCUT2D eigenvalue weighted by Crippen LogP contribution is 2.42. The first kappa shape index (κ1) is 10.3. The Hall–Kier alpha value is -0.680. The summed E-state index contributed by atoms with van der Waals surface area (Å²) in [6.45, 7) is 1.98. The van der Waals surface area contributed by atoms with Crippen LogP contribution in [0.3, 0.4) is 0 Å². The number of phosphoric acid groups is 1. The Morgan fingerprint density at radius 1 is 1.73 bits per heavy atom. The van der Waals surface area contributed by atoms with Crippen molar-refractivity contribution in [2.75, 3.05) is 6.79 Å². The van der Waals surface area contributed by atoms with Gasteiger partial charge in [0.2, 0.25) is 0 Å². The van der Waals surface area contributed by atoms with E-state index in [1.54, 1.807) is 0 Å². The molecule has 0 aromatic rings. The summed E-state index contributed by atoms with van der Waals surface area (Å²) in [6.07, 6.45) is 0.698. The fourth-order valence-corrected chi connectivity index (χ4v) is 0.751. The van der Waals surface area contributed by atoms with E-state index in [1.165, 1.54) is 0 Å². The Morgan fingerprint density at radius 3 is 2.64 bits per heavy atom. The van der Waals surface area contributed by atoms with Gasteiger partial charge in [0, 0.05) is 6.08 Å². The molecule has 0 bridgehead atoms. The van der Waals surface area contributed by atoms with Crippen LogP contribution >= 0.6 is 7.82 Å². The smallest absolute Gasteiger partial charge is 0.370 e. The van der Waals surface area contributed by atoms with Gasteiger partial charge in [-0.05, 0) is 0 Å². The molecule has 0 spiro atoms. The second kappa shape index (κ2) is 4.25. The van der Waals surface area contributed by atoms with Crippen molar-refractivity contribution >= 4 is 13.8 Å². The highest BCUT2D eigenvalue weighted by Gasteiger charge is 2.23. The Labute approximate surface area is 62.7 Å². The zero-order chi connectivity index (χ0) is 8.91. The van der Waals surface area contributed by atoms with Crippen molar-refractivity contribution < 1.29 is 28.4 Å². The second-order valence-corrected chi connectivity index (χ2v) is 2.72. The third-order valence-electron chi connectivity index (χ3n) is 0.593. The lowest BCUT2D eigenvalue weighted by molar-refractivity contribution is -0.130. The molecular formula is C4H7O6P. The number of rotatable bonds is 4. The molecule has 0 aromatic heterocycles. The molecule has 6 nitrogen and oxygen atoms in total. The van der Waals surface area contributed by atoms with Crippen molar-refractivity contribution in [2.24, 2.45) is 0 Å². The Balaban J connectivity index is 4.01. The monoisotopic (exact) mass is 182 g/mol. The normalized spacial score (nSPS) is 15.1. The molecule has 0 fully saturated rings. The van der Waals surface area contributed by atoms with Gasteiger partial charge in [0.1, 0.15) is 0 Å². The maximum atomic E-state index is 10.5. The van der Waals surface area contributed by atoms with Crippen molar-refractivity contribution in [3.8, 4) is 0 Å². The lowest BCUT2D eigenvalue weighted by atomic mass is 10.7. The van der Waals surface area contributed by atoms with E-state index in [-0.39, 0.29) is 0 Å². The molecule has 7 heteroatoms.